The van der Waals surface area contributed by atoms with E-state index in [1.54, 1.807) is 4.90 Å². The van der Waals surface area contributed by atoms with Crippen LogP contribution in [0.3, 0.4) is 0 Å². The lowest BCUT2D eigenvalue weighted by Crippen LogP contribution is -2.27. The van der Waals surface area contributed by atoms with E-state index in [0.29, 0.717) is 32.9 Å². The molecule has 5 nitrogen and oxygen atoms in total. The van der Waals surface area contributed by atoms with E-state index >= 15 is 0 Å². The number of fused-ring (bicyclic) bond motifs is 1. The van der Waals surface area contributed by atoms with Gasteiger partial charge in [0.1, 0.15) is 0 Å². The molecule has 1 aromatic carbocycles. The zero-order valence-electron chi connectivity index (χ0n) is 13.3. The maximum atomic E-state index is 12.2. The third-order valence-electron chi connectivity index (χ3n) is 3.26. The first-order valence-electron chi connectivity index (χ1n) is 7.82. The lowest BCUT2D eigenvalue weighted by atomic mass is 10.1. The lowest BCUT2D eigenvalue weighted by molar-refractivity contribution is 0.0736. The number of hydrogen-bond donors (Lipinski definition) is 0. The Morgan fingerprint density at radius 1 is 1.05 bits per heavy atom. The normalized spacial score (nSPS) is 14.0. The molecule has 0 spiro atoms. The Hall–Kier alpha value is -1.00. The minimum absolute atomic E-state index is 0.0764. The molecule has 2 rings (SSSR count). The SMILES string of the molecule is CCCOP(OCCC)OCCN1Cc2ccccc2C1=O. The van der Waals surface area contributed by atoms with Crippen molar-refractivity contribution in [1.29, 1.82) is 0 Å². The summed E-state index contributed by atoms with van der Waals surface area (Å²) in [5, 5.41) is 0. The number of benzene rings is 1. The molecule has 122 valence electrons. The molecule has 0 saturated heterocycles. The topological polar surface area (TPSA) is 48.0 Å². The van der Waals surface area contributed by atoms with Crippen molar-refractivity contribution in [2.45, 2.75) is 33.2 Å². The highest BCUT2D eigenvalue weighted by Crippen LogP contribution is 2.39. The van der Waals surface area contributed by atoms with Crippen LogP contribution in [-0.2, 0) is 20.1 Å². The summed E-state index contributed by atoms with van der Waals surface area (Å²) < 4.78 is 16.8. The van der Waals surface area contributed by atoms with Gasteiger partial charge in [-0.15, -0.1) is 0 Å². The number of carbonyl (C=O) groups is 1. The number of nitrogens with zero attached hydrogens (tertiary/aromatic N) is 1. The molecular formula is C16H24NO4P. The highest BCUT2D eigenvalue weighted by molar-refractivity contribution is 7.41. The summed E-state index contributed by atoms with van der Waals surface area (Å²) in [6.07, 6.45) is 1.86. The third kappa shape index (κ3) is 4.75. The average Bonchev–Trinajstić information content (AvgIpc) is 2.86. The standard InChI is InChI=1S/C16H24NO4P/c1-3-10-19-22(20-11-4-2)21-12-9-17-13-14-7-5-6-8-15(14)16(17)18/h5-8H,3-4,9-13H2,1-2H3. The molecule has 1 amide bonds. The Balaban J connectivity index is 1.76. The number of amides is 1. The molecule has 0 N–H and O–H groups in total. The molecule has 0 radical (unpaired) electrons. The van der Waals surface area contributed by atoms with Gasteiger partial charge in [0.05, 0.1) is 19.8 Å². The molecule has 1 aliphatic rings. The molecule has 0 saturated carbocycles. The van der Waals surface area contributed by atoms with Gasteiger partial charge in [-0.2, -0.15) is 0 Å². The summed E-state index contributed by atoms with van der Waals surface area (Å²) in [5.41, 5.74) is 1.88. The first-order valence-corrected chi connectivity index (χ1v) is 8.91. The van der Waals surface area contributed by atoms with Crippen LogP contribution >= 0.6 is 8.60 Å². The van der Waals surface area contributed by atoms with Crippen molar-refractivity contribution in [1.82, 2.24) is 4.90 Å². The van der Waals surface area contributed by atoms with Crippen LogP contribution in [0.2, 0.25) is 0 Å². The molecule has 22 heavy (non-hydrogen) atoms. The second-order valence-electron chi connectivity index (χ2n) is 5.11. The van der Waals surface area contributed by atoms with Crippen LogP contribution in [0.15, 0.2) is 24.3 Å². The summed E-state index contributed by atoms with van der Waals surface area (Å²) in [7, 11) is -1.30. The molecule has 6 heteroatoms. The molecule has 1 heterocycles. The van der Waals surface area contributed by atoms with Crippen molar-refractivity contribution in [2.24, 2.45) is 0 Å². The number of hydrogen-bond acceptors (Lipinski definition) is 4. The third-order valence-corrected chi connectivity index (χ3v) is 4.44. The van der Waals surface area contributed by atoms with Crippen molar-refractivity contribution < 1.29 is 18.4 Å². The van der Waals surface area contributed by atoms with Crippen LogP contribution in [-0.4, -0.2) is 37.2 Å². The molecule has 0 fully saturated rings. The van der Waals surface area contributed by atoms with Crippen molar-refractivity contribution in [2.75, 3.05) is 26.4 Å². The molecule has 0 bridgehead atoms. The van der Waals surface area contributed by atoms with Gasteiger partial charge in [0.15, 0.2) is 0 Å². The Labute approximate surface area is 133 Å². The molecular weight excluding hydrogens is 301 g/mol. The van der Waals surface area contributed by atoms with Crippen LogP contribution in [0.25, 0.3) is 0 Å². The van der Waals surface area contributed by atoms with E-state index in [-0.39, 0.29) is 5.91 Å². The van der Waals surface area contributed by atoms with E-state index in [9.17, 15) is 4.79 Å². The highest BCUT2D eigenvalue weighted by atomic mass is 31.2. The van der Waals surface area contributed by atoms with Gasteiger partial charge in [0.25, 0.3) is 5.91 Å². The van der Waals surface area contributed by atoms with Crippen LogP contribution in [0.4, 0.5) is 0 Å². The zero-order chi connectivity index (χ0) is 15.8. The molecule has 1 aliphatic heterocycles. The molecule has 0 unspecified atom stereocenters. The van der Waals surface area contributed by atoms with E-state index in [0.717, 1.165) is 24.0 Å². The van der Waals surface area contributed by atoms with E-state index < -0.39 is 8.60 Å². The number of rotatable bonds is 10. The van der Waals surface area contributed by atoms with E-state index in [1.165, 1.54) is 0 Å². The van der Waals surface area contributed by atoms with Crippen LogP contribution in [0, 0.1) is 0 Å². The fraction of sp³-hybridized carbons (Fsp3) is 0.562. The average molecular weight is 325 g/mol. The van der Waals surface area contributed by atoms with Crippen LogP contribution < -0.4 is 0 Å². The van der Waals surface area contributed by atoms with Gasteiger partial charge < -0.3 is 18.5 Å². The summed E-state index contributed by atoms with van der Waals surface area (Å²) in [6.45, 7) is 6.99. The smallest absolute Gasteiger partial charge is 0.332 e. The van der Waals surface area contributed by atoms with E-state index in [2.05, 4.69) is 0 Å². The van der Waals surface area contributed by atoms with Gasteiger partial charge in [-0.05, 0) is 24.5 Å². The molecule has 0 aromatic heterocycles. The Morgan fingerprint density at radius 2 is 1.68 bits per heavy atom. The maximum Gasteiger partial charge on any atom is 0.332 e. The van der Waals surface area contributed by atoms with Crippen LogP contribution in [0.5, 0.6) is 0 Å². The lowest BCUT2D eigenvalue weighted by Gasteiger charge is -2.19. The van der Waals surface area contributed by atoms with E-state index in [4.69, 9.17) is 13.6 Å². The summed E-state index contributed by atoms with van der Waals surface area (Å²) >= 11 is 0. The van der Waals surface area contributed by atoms with Crippen molar-refractivity contribution in [3.8, 4) is 0 Å². The summed E-state index contributed by atoms with van der Waals surface area (Å²) in [6, 6.07) is 7.73. The Kier molecular flexibility index (Phi) is 7.26. The first-order chi connectivity index (χ1) is 10.8. The Bertz CT molecular complexity index is 475. The van der Waals surface area contributed by atoms with Gasteiger partial charge in [-0.1, -0.05) is 32.0 Å². The van der Waals surface area contributed by atoms with Gasteiger partial charge in [-0.3, -0.25) is 4.79 Å². The quantitative estimate of drug-likeness (QED) is 0.615. The molecule has 1 aromatic rings. The molecule has 0 atom stereocenters. The minimum atomic E-state index is -1.30. The molecule has 0 aliphatic carbocycles. The second-order valence-corrected chi connectivity index (χ2v) is 6.33. The fourth-order valence-electron chi connectivity index (χ4n) is 2.16. The van der Waals surface area contributed by atoms with Gasteiger partial charge >= 0.3 is 8.60 Å². The minimum Gasteiger partial charge on any atom is -0.332 e. The summed E-state index contributed by atoms with van der Waals surface area (Å²) in [5.74, 6) is 0.0764. The van der Waals surface area contributed by atoms with Gasteiger partial charge in [0.2, 0.25) is 0 Å². The highest BCUT2D eigenvalue weighted by Gasteiger charge is 2.26. The van der Waals surface area contributed by atoms with Gasteiger partial charge in [0, 0.05) is 18.7 Å². The predicted octanol–water partition coefficient (Wildman–Crippen LogP) is 3.74. The monoisotopic (exact) mass is 325 g/mol. The predicted molar refractivity (Wildman–Crippen MR) is 86.5 cm³/mol. The van der Waals surface area contributed by atoms with Crippen molar-refractivity contribution in [3.63, 3.8) is 0 Å². The summed E-state index contributed by atoms with van der Waals surface area (Å²) in [4.78, 5) is 14.0. The zero-order valence-corrected chi connectivity index (χ0v) is 14.2. The van der Waals surface area contributed by atoms with Crippen molar-refractivity contribution >= 4 is 14.5 Å². The Morgan fingerprint density at radius 3 is 2.32 bits per heavy atom. The van der Waals surface area contributed by atoms with Crippen LogP contribution in [0.1, 0.15) is 42.6 Å². The van der Waals surface area contributed by atoms with Crippen molar-refractivity contribution in [3.05, 3.63) is 35.4 Å². The van der Waals surface area contributed by atoms with Gasteiger partial charge in [-0.25, -0.2) is 0 Å². The number of carbonyl (C=O) groups excluding carboxylic acids is 1. The fourth-order valence-corrected chi connectivity index (χ4v) is 3.28. The second kappa shape index (κ2) is 9.21. The maximum absolute atomic E-state index is 12.2. The van der Waals surface area contributed by atoms with E-state index in [1.807, 2.05) is 38.1 Å². The largest absolute Gasteiger partial charge is 0.332 e. The first kappa shape index (κ1) is 17.4.